The molecule has 3 rings (SSSR count). The monoisotopic (exact) mass is 387 g/mol. The van der Waals surface area contributed by atoms with Gasteiger partial charge in [0, 0.05) is 23.8 Å². The van der Waals surface area contributed by atoms with Crippen LogP contribution in [0, 0.1) is 0 Å². The summed E-state index contributed by atoms with van der Waals surface area (Å²) in [6.07, 6.45) is 10.7. The SMILES string of the molecule is CCCN1CCCC[C@H]1c1cccnc1N(C(=O)OC(C)(C)C)C1CCCC1. The summed E-state index contributed by atoms with van der Waals surface area (Å²) in [5.41, 5.74) is 0.676. The van der Waals surface area contributed by atoms with E-state index in [-0.39, 0.29) is 12.1 Å². The molecule has 2 heterocycles. The van der Waals surface area contributed by atoms with Gasteiger partial charge in [0.2, 0.25) is 0 Å². The maximum Gasteiger partial charge on any atom is 0.416 e. The minimum atomic E-state index is -0.512. The Morgan fingerprint density at radius 1 is 1.21 bits per heavy atom. The van der Waals surface area contributed by atoms with Gasteiger partial charge >= 0.3 is 6.09 Å². The highest BCUT2D eigenvalue weighted by molar-refractivity contribution is 5.88. The van der Waals surface area contributed by atoms with E-state index in [0.29, 0.717) is 6.04 Å². The molecule has 0 spiro atoms. The number of likely N-dealkylation sites (tertiary alicyclic amines) is 1. The molecular weight excluding hydrogens is 350 g/mol. The Balaban J connectivity index is 1.97. The van der Waals surface area contributed by atoms with Crippen LogP contribution >= 0.6 is 0 Å². The molecule has 0 radical (unpaired) electrons. The summed E-state index contributed by atoms with van der Waals surface area (Å²) in [5.74, 6) is 0.816. The van der Waals surface area contributed by atoms with Crippen LogP contribution in [-0.4, -0.2) is 40.7 Å². The minimum Gasteiger partial charge on any atom is -0.443 e. The van der Waals surface area contributed by atoms with E-state index in [1.165, 1.54) is 18.4 Å². The quantitative estimate of drug-likeness (QED) is 0.650. The van der Waals surface area contributed by atoms with Crippen molar-refractivity contribution < 1.29 is 9.53 Å². The number of carbonyl (C=O) groups is 1. The third kappa shape index (κ3) is 5.05. The molecule has 0 bridgehead atoms. The smallest absolute Gasteiger partial charge is 0.416 e. The van der Waals surface area contributed by atoms with Gasteiger partial charge in [0.15, 0.2) is 0 Å². The lowest BCUT2D eigenvalue weighted by atomic mass is 9.94. The molecule has 1 aromatic rings. The lowest BCUT2D eigenvalue weighted by Gasteiger charge is -2.38. The Labute approximate surface area is 170 Å². The number of pyridine rings is 1. The summed E-state index contributed by atoms with van der Waals surface area (Å²) >= 11 is 0. The van der Waals surface area contributed by atoms with Gasteiger partial charge in [0.1, 0.15) is 11.4 Å². The van der Waals surface area contributed by atoms with Crippen molar-refractivity contribution >= 4 is 11.9 Å². The van der Waals surface area contributed by atoms with E-state index in [0.717, 1.165) is 57.4 Å². The largest absolute Gasteiger partial charge is 0.443 e. The van der Waals surface area contributed by atoms with Crippen molar-refractivity contribution in [3.8, 4) is 0 Å². The zero-order chi connectivity index (χ0) is 20.1. The zero-order valence-corrected chi connectivity index (χ0v) is 18.1. The summed E-state index contributed by atoms with van der Waals surface area (Å²) in [6, 6.07) is 4.71. The average Bonchev–Trinajstić information content (AvgIpc) is 3.16. The van der Waals surface area contributed by atoms with Crippen molar-refractivity contribution in [3.63, 3.8) is 0 Å². The van der Waals surface area contributed by atoms with Gasteiger partial charge in [-0.05, 0) is 72.0 Å². The van der Waals surface area contributed by atoms with Gasteiger partial charge in [-0.15, -0.1) is 0 Å². The number of piperidine rings is 1. The summed E-state index contributed by atoms with van der Waals surface area (Å²) in [7, 11) is 0. The van der Waals surface area contributed by atoms with Crippen LogP contribution in [0.5, 0.6) is 0 Å². The van der Waals surface area contributed by atoms with Crippen molar-refractivity contribution in [2.75, 3.05) is 18.0 Å². The van der Waals surface area contributed by atoms with Gasteiger partial charge in [-0.2, -0.15) is 0 Å². The molecule has 1 atom stereocenters. The van der Waals surface area contributed by atoms with E-state index < -0.39 is 5.60 Å². The summed E-state index contributed by atoms with van der Waals surface area (Å²) in [5, 5.41) is 0. The molecule has 0 unspecified atom stereocenters. The first-order valence-corrected chi connectivity index (χ1v) is 11.1. The van der Waals surface area contributed by atoms with E-state index in [1.807, 2.05) is 37.9 Å². The predicted octanol–water partition coefficient (Wildman–Crippen LogP) is 5.70. The zero-order valence-electron chi connectivity index (χ0n) is 18.1. The second-order valence-electron chi connectivity index (χ2n) is 9.25. The van der Waals surface area contributed by atoms with Crippen molar-refractivity contribution in [1.82, 2.24) is 9.88 Å². The Hall–Kier alpha value is -1.62. The number of aromatic nitrogens is 1. The molecule has 1 amide bonds. The number of hydrogen-bond acceptors (Lipinski definition) is 4. The molecule has 1 aromatic heterocycles. The summed E-state index contributed by atoms with van der Waals surface area (Å²) in [4.78, 5) is 22.4. The number of carbonyl (C=O) groups excluding carboxylic acids is 1. The Morgan fingerprint density at radius 3 is 2.61 bits per heavy atom. The van der Waals surface area contributed by atoms with Gasteiger partial charge in [0.05, 0.1) is 0 Å². The van der Waals surface area contributed by atoms with Crippen LogP contribution in [0.1, 0.15) is 90.7 Å². The van der Waals surface area contributed by atoms with Crippen LogP contribution in [0.3, 0.4) is 0 Å². The highest BCUT2D eigenvalue weighted by Crippen LogP contribution is 2.38. The normalized spacial score (nSPS) is 21.6. The van der Waals surface area contributed by atoms with Crippen molar-refractivity contribution in [1.29, 1.82) is 0 Å². The van der Waals surface area contributed by atoms with Crippen molar-refractivity contribution in [2.45, 2.75) is 96.7 Å². The Bertz CT molecular complexity index is 647. The number of hydrogen-bond donors (Lipinski definition) is 0. The number of nitrogens with zero attached hydrogens (tertiary/aromatic N) is 3. The molecule has 0 aromatic carbocycles. The van der Waals surface area contributed by atoms with Crippen molar-refractivity contribution in [3.05, 3.63) is 23.9 Å². The fraction of sp³-hybridized carbons (Fsp3) is 0.739. The van der Waals surface area contributed by atoms with Crippen LogP contribution in [0.4, 0.5) is 10.6 Å². The first kappa shape index (κ1) is 21.1. The van der Waals surface area contributed by atoms with Crippen molar-refractivity contribution in [2.24, 2.45) is 0 Å². The van der Waals surface area contributed by atoms with Gasteiger partial charge in [-0.1, -0.05) is 32.3 Å². The van der Waals surface area contributed by atoms with Crippen LogP contribution in [-0.2, 0) is 4.74 Å². The fourth-order valence-electron chi connectivity index (χ4n) is 4.65. The third-order valence-electron chi connectivity index (χ3n) is 5.81. The lowest BCUT2D eigenvalue weighted by molar-refractivity contribution is 0.0563. The minimum absolute atomic E-state index is 0.187. The predicted molar refractivity (Wildman–Crippen MR) is 114 cm³/mol. The van der Waals surface area contributed by atoms with Gasteiger partial charge < -0.3 is 4.74 Å². The van der Waals surface area contributed by atoms with Crippen LogP contribution in [0.2, 0.25) is 0 Å². The van der Waals surface area contributed by atoms with Gasteiger partial charge in [-0.3, -0.25) is 9.80 Å². The standard InChI is InChI=1S/C23H37N3O2/c1-5-16-25-17-9-8-14-20(25)19-13-10-15-24-21(19)26(18-11-6-7-12-18)22(27)28-23(2,3)4/h10,13,15,18,20H,5-9,11-12,14,16-17H2,1-4H3/t20-/m0/s1. The molecule has 156 valence electrons. The Morgan fingerprint density at radius 2 is 1.93 bits per heavy atom. The van der Waals surface area contributed by atoms with E-state index >= 15 is 0 Å². The lowest BCUT2D eigenvalue weighted by Crippen LogP contribution is -2.44. The van der Waals surface area contributed by atoms with E-state index in [4.69, 9.17) is 9.72 Å². The molecule has 1 saturated carbocycles. The second-order valence-corrected chi connectivity index (χ2v) is 9.25. The average molecular weight is 388 g/mol. The third-order valence-corrected chi connectivity index (χ3v) is 5.81. The van der Waals surface area contributed by atoms with Crippen LogP contribution < -0.4 is 4.90 Å². The van der Waals surface area contributed by atoms with E-state index in [1.54, 1.807) is 0 Å². The van der Waals surface area contributed by atoms with E-state index in [9.17, 15) is 4.79 Å². The van der Waals surface area contributed by atoms with E-state index in [2.05, 4.69) is 17.9 Å². The molecule has 1 aliphatic carbocycles. The maximum atomic E-state index is 13.2. The number of amides is 1. The van der Waals surface area contributed by atoms with Gasteiger partial charge in [0.25, 0.3) is 0 Å². The molecular formula is C23H37N3O2. The van der Waals surface area contributed by atoms with Crippen LogP contribution in [0.15, 0.2) is 18.3 Å². The molecule has 5 nitrogen and oxygen atoms in total. The molecule has 0 N–H and O–H groups in total. The number of rotatable bonds is 5. The highest BCUT2D eigenvalue weighted by Gasteiger charge is 2.36. The van der Waals surface area contributed by atoms with Crippen LogP contribution in [0.25, 0.3) is 0 Å². The maximum absolute atomic E-state index is 13.2. The van der Waals surface area contributed by atoms with Gasteiger partial charge in [-0.25, -0.2) is 9.78 Å². The highest BCUT2D eigenvalue weighted by atomic mass is 16.6. The fourth-order valence-corrected chi connectivity index (χ4v) is 4.65. The molecule has 2 fully saturated rings. The first-order valence-electron chi connectivity index (χ1n) is 11.1. The summed E-state index contributed by atoms with van der Waals surface area (Å²) < 4.78 is 5.82. The second kappa shape index (κ2) is 9.25. The molecule has 5 heteroatoms. The number of anilines is 1. The molecule has 1 aliphatic heterocycles. The topological polar surface area (TPSA) is 45.7 Å². The Kier molecular flexibility index (Phi) is 6.97. The molecule has 1 saturated heterocycles. The first-order chi connectivity index (χ1) is 13.4. The summed E-state index contributed by atoms with van der Waals surface area (Å²) in [6.45, 7) is 10.3. The molecule has 28 heavy (non-hydrogen) atoms. The molecule has 2 aliphatic rings. The number of ether oxygens (including phenoxy) is 1.